The Balaban J connectivity index is 1.62. The van der Waals surface area contributed by atoms with Crippen LogP contribution in [-0.4, -0.2) is 24.0 Å². The Morgan fingerprint density at radius 2 is 1.65 bits per heavy atom. The molecule has 0 saturated carbocycles. The van der Waals surface area contributed by atoms with Crippen LogP contribution in [0.1, 0.15) is 30.5 Å². The second-order valence-electron chi connectivity index (χ2n) is 7.70. The summed E-state index contributed by atoms with van der Waals surface area (Å²) in [7, 11) is 0. The molecule has 3 unspecified atom stereocenters. The summed E-state index contributed by atoms with van der Waals surface area (Å²) >= 11 is 12.1. The molecule has 0 bridgehead atoms. The van der Waals surface area contributed by atoms with E-state index in [-0.39, 0.29) is 6.42 Å². The monoisotopic (exact) mass is 472 g/mol. The van der Waals surface area contributed by atoms with Crippen molar-refractivity contribution in [2.45, 2.75) is 31.6 Å². The first kappa shape index (κ1) is 21.8. The normalized spacial score (nSPS) is 23.3. The fourth-order valence-electron chi connectivity index (χ4n) is 4.00. The zero-order valence-electron chi connectivity index (χ0n) is 16.1. The summed E-state index contributed by atoms with van der Waals surface area (Å²) in [6.45, 7) is 1.36. The van der Waals surface area contributed by atoms with E-state index in [9.17, 15) is 22.8 Å². The molecule has 0 spiro atoms. The molecular weight excluding hydrogens is 456 g/mol. The number of piperidine rings is 1. The predicted octanol–water partition coefficient (Wildman–Crippen LogP) is 5.01. The third-order valence-corrected chi connectivity index (χ3v) is 6.01. The first-order valence-electron chi connectivity index (χ1n) is 9.49. The molecule has 1 fully saturated rings. The maximum Gasteiger partial charge on any atom is 0.408 e. The average molecular weight is 473 g/mol. The molecular formula is C21H17Cl2F3N2O3. The Bertz CT molecular complexity index is 1010. The van der Waals surface area contributed by atoms with Crippen molar-refractivity contribution < 1.29 is 27.5 Å². The van der Waals surface area contributed by atoms with Gasteiger partial charge in [0.1, 0.15) is 23.5 Å². The number of hydrogen-bond acceptors (Lipinski definition) is 3. The molecule has 3 atom stereocenters. The molecule has 2 aromatic rings. The third kappa shape index (κ3) is 4.19. The van der Waals surface area contributed by atoms with Gasteiger partial charge in [0.2, 0.25) is 11.8 Å². The van der Waals surface area contributed by atoms with Crippen molar-refractivity contribution in [3.05, 3.63) is 57.6 Å². The Hall–Kier alpha value is -2.45. The van der Waals surface area contributed by atoms with Crippen LogP contribution in [0.5, 0.6) is 11.5 Å². The topological polar surface area (TPSA) is 67.4 Å². The van der Waals surface area contributed by atoms with Crippen LogP contribution in [-0.2, 0) is 9.59 Å². The molecule has 31 heavy (non-hydrogen) atoms. The van der Waals surface area contributed by atoms with E-state index in [0.717, 1.165) is 0 Å². The Morgan fingerprint density at radius 3 is 2.16 bits per heavy atom. The lowest BCUT2D eigenvalue weighted by Crippen LogP contribution is -2.58. The molecule has 10 heteroatoms. The van der Waals surface area contributed by atoms with Gasteiger partial charge >= 0.3 is 6.18 Å². The SMILES string of the molecule is CC1CC(C(=O)NC2c3ccc(Cl)cc3Oc3cc(Cl)ccc32)C(=O)NC1C(F)(F)F. The van der Waals surface area contributed by atoms with Gasteiger partial charge < -0.3 is 15.4 Å². The molecule has 164 valence electrons. The number of halogens is 5. The first-order valence-corrected chi connectivity index (χ1v) is 10.2. The number of ether oxygens (including phenoxy) is 1. The van der Waals surface area contributed by atoms with Crippen molar-refractivity contribution >= 4 is 35.0 Å². The van der Waals surface area contributed by atoms with Gasteiger partial charge in [0.05, 0.1) is 6.04 Å². The summed E-state index contributed by atoms with van der Waals surface area (Å²) in [4.78, 5) is 25.3. The highest BCUT2D eigenvalue weighted by Gasteiger charge is 2.50. The zero-order chi connectivity index (χ0) is 22.5. The number of fused-ring (bicyclic) bond motifs is 2. The van der Waals surface area contributed by atoms with Crippen LogP contribution in [0.15, 0.2) is 36.4 Å². The maximum absolute atomic E-state index is 13.1. The summed E-state index contributed by atoms with van der Waals surface area (Å²) in [5, 5.41) is 5.59. The van der Waals surface area contributed by atoms with Crippen molar-refractivity contribution in [2.24, 2.45) is 11.8 Å². The summed E-state index contributed by atoms with van der Waals surface area (Å²) in [5.41, 5.74) is 1.20. The van der Waals surface area contributed by atoms with Gasteiger partial charge in [-0.2, -0.15) is 13.2 Å². The second-order valence-corrected chi connectivity index (χ2v) is 8.57. The van der Waals surface area contributed by atoms with Crippen LogP contribution >= 0.6 is 23.2 Å². The minimum atomic E-state index is -4.58. The minimum Gasteiger partial charge on any atom is -0.456 e. The number of rotatable bonds is 2. The lowest BCUT2D eigenvalue weighted by atomic mass is 9.84. The van der Waals surface area contributed by atoms with Crippen LogP contribution < -0.4 is 15.4 Å². The zero-order valence-corrected chi connectivity index (χ0v) is 17.6. The van der Waals surface area contributed by atoms with Crippen LogP contribution in [0.2, 0.25) is 10.0 Å². The van der Waals surface area contributed by atoms with Crippen molar-refractivity contribution in [2.75, 3.05) is 0 Å². The molecule has 0 aromatic heterocycles. The number of carbonyl (C=O) groups is 2. The number of benzene rings is 2. The molecule has 2 amide bonds. The molecule has 0 aliphatic carbocycles. The van der Waals surface area contributed by atoms with Crippen molar-refractivity contribution in [3.8, 4) is 11.5 Å². The molecule has 2 aliphatic rings. The van der Waals surface area contributed by atoms with Gasteiger partial charge in [0, 0.05) is 21.2 Å². The lowest BCUT2D eigenvalue weighted by molar-refractivity contribution is -0.180. The molecule has 2 heterocycles. The third-order valence-electron chi connectivity index (χ3n) is 5.54. The fourth-order valence-corrected chi connectivity index (χ4v) is 4.32. The van der Waals surface area contributed by atoms with E-state index >= 15 is 0 Å². The molecule has 1 saturated heterocycles. The standard InChI is InChI=1S/C21H17Cl2F3N2O3/c1-9-6-14(20(30)28-18(9)21(24,25)26)19(29)27-17-12-4-2-10(22)7-15(12)31-16-8-11(23)3-5-13(16)17/h2-5,7-9,14,17-18H,6H2,1H3,(H,27,29)(H,28,30). The Labute approximate surface area is 185 Å². The molecule has 2 N–H and O–H groups in total. The van der Waals surface area contributed by atoms with Crippen molar-refractivity contribution in [1.29, 1.82) is 0 Å². The maximum atomic E-state index is 13.1. The summed E-state index contributed by atoms with van der Waals surface area (Å²) < 4.78 is 45.2. The van der Waals surface area contributed by atoms with Crippen LogP contribution in [0.4, 0.5) is 13.2 Å². The van der Waals surface area contributed by atoms with E-state index in [4.69, 9.17) is 27.9 Å². The van der Waals surface area contributed by atoms with Gasteiger partial charge in [0.15, 0.2) is 0 Å². The van der Waals surface area contributed by atoms with Gasteiger partial charge in [-0.25, -0.2) is 0 Å². The Kier molecular flexibility index (Phi) is 5.55. The van der Waals surface area contributed by atoms with Crippen LogP contribution in [0.25, 0.3) is 0 Å². The van der Waals surface area contributed by atoms with Gasteiger partial charge in [-0.05, 0) is 36.6 Å². The number of carbonyl (C=O) groups excluding carboxylic acids is 2. The van der Waals surface area contributed by atoms with E-state index in [1.807, 2.05) is 5.32 Å². The van der Waals surface area contributed by atoms with Gasteiger partial charge in [0.25, 0.3) is 0 Å². The molecule has 0 radical (unpaired) electrons. The van der Waals surface area contributed by atoms with E-state index in [1.54, 1.807) is 36.4 Å². The molecule has 2 aromatic carbocycles. The summed E-state index contributed by atoms with van der Waals surface area (Å²) in [5.74, 6) is -2.99. The number of hydrogen-bond donors (Lipinski definition) is 2. The molecule has 2 aliphatic heterocycles. The Morgan fingerprint density at radius 1 is 1.10 bits per heavy atom. The minimum absolute atomic E-state index is 0.216. The van der Waals surface area contributed by atoms with Crippen LogP contribution in [0, 0.1) is 11.8 Å². The summed E-state index contributed by atoms with van der Waals surface area (Å²) in [6, 6.07) is 7.14. The molecule has 5 nitrogen and oxygen atoms in total. The smallest absolute Gasteiger partial charge is 0.408 e. The van der Waals surface area contributed by atoms with E-state index in [2.05, 4.69) is 5.32 Å². The van der Waals surface area contributed by atoms with E-state index < -0.39 is 41.9 Å². The van der Waals surface area contributed by atoms with E-state index in [1.165, 1.54) is 6.92 Å². The first-order chi connectivity index (χ1) is 14.5. The fraction of sp³-hybridized carbons (Fsp3) is 0.333. The van der Waals surface area contributed by atoms with E-state index in [0.29, 0.717) is 32.7 Å². The average Bonchev–Trinajstić information content (AvgIpc) is 2.67. The molecule has 4 rings (SSSR count). The second kappa shape index (κ2) is 7.91. The largest absolute Gasteiger partial charge is 0.456 e. The quantitative estimate of drug-likeness (QED) is 0.603. The lowest BCUT2D eigenvalue weighted by Gasteiger charge is -2.36. The number of amides is 2. The highest BCUT2D eigenvalue weighted by molar-refractivity contribution is 6.31. The van der Waals surface area contributed by atoms with Crippen molar-refractivity contribution in [1.82, 2.24) is 10.6 Å². The highest BCUT2D eigenvalue weighted by Crippen LogP contribution is 2.45. The summed E-state index contributed by atoms with van der Waals surface area (Å²) in [6.07, 6.45) is -4.79. The van der Waals surface area contributed by atoms with Crippen LogP contribution in [0.3, 0.4) is 0 Å². The number of alkyl halides is 3. The van der Waals surface area contributed by atoms with Gasteiger partial charge in [-0.1, -0.05) is 42.3 Å². The van der Waals surface area contributed by atoms with Gasteiger partial charge in [-0.3, -0.25) is 9.59 Å². The predicted molar refractivity (Wildman–Crippen MR) is 108 cm³/mol. The number of nitrogens with one attached hydrogen (secondary N) is 2. The van der Waals surface area contributed by atoms with Gasteiger partial charge in [-0.15, -0.1) is 0 Å². The van der Waals surface area contributed by atoms with Crippen molar-refractivity contribution in [3.63, 3.8) is 0 Å². The highest BCUT2D eigenvalue weighted by atomic mass is 35.5.